The zero-order chi connectivity index (χ0) is 23.4. The second kappa shape index (κ2) is 10.2. The first-order valence-corrected chi connectivity index (χ1v) is 11.5. The average molecular weight is 439 g/mol. The molecule has 0 unspecified atom stereocenters. The molecule has 1 amide bonds. The van der Waals surface area contributed by atoms with Crippen LogP contribution in [0.5, 0.6) is 0 Å². The van der Waals surface area contributed by atoms with E-state index in [-0.39, 0.29) is 30.9 Å². The van der Waals surface area contributed by atoms with E-state index in [4.69, 9.17) is 4.74 Å². The molecule has 1 fully saturated rings. The summed E-state index contributed by atoms with van der Waals surface area (Å²) in [6, 6.07) is 7.55. The van der Waals surface area contributed by atoms with Crippen molar-refractivity contribution in [2.45, 2.75) is 65.8 Å². The summed E-state index contributed by atoms with van der Waals surface area (Å²) in [6.07, 6.45) is 5.11. The number of ether oxygens (including phenoxy) is 1. The van der Waals surface area contributed by atoms with E-state index in [0.717, 1.165) is 37.7 Å². The quantitative estimate of drug-likeness (QED) is 0.461. The Morgan fingerprint density at radius 3 is 2.25 bits per heavy atom. The van der Waals surface area contributed by atoms with Gasteiger partial charge in [0.1, 0.15) is 5.69 Å². The summed E-state index contributed by atoms with van der Waals surface area (Å²) in [5.74, 6) is -0.686. The molecule has 1 aromatic heterocycles. The van der Waals surface area contributed by atoms with Gasteiger partial charge in [-0.2, -0.15) is 0 Å². The molecule has 6 nitrogen and oxygen atoms in total. The van der Waals surface area contributed by atoms with E-state index in [0.29, 0.717) is 28.1 Å². The molecule has 32 heavy (non-hydrogen) atoms. The first-order chi connectivity index (χ1) is 15.3. The van der Waals surface area contributed by atoms with Gasteiger partial charge in [-0.1, -0.05) is 37.0 Å². The molecule has 0 N–H and O–H groups in total. The molecule has 1 heterocycles. The number of benzene rings is 1. The zero-order valence-electron chi connectivity index (χ0n) is 19.9. The number of rotatable bonds is 7. The van der Waals surface area contributed by atoms with Gasteiger partial charge < -0.3 is 14.2 Å². The Labute approximate surface area is 190 Å². The lowest BCUT2D eigenvalue weighted by atomic mass is 9.93. The Balaban J connectivity index is 1.93. The van der Waals surface area contributed by atoms with Crippen LogP contribution >= 0.6 is 0 Å². The summed E-state index contributed by atoms with van der Waals surface area (Å²) >= 11 is 0. The van der Waals surface area contributed by atoms with Gasteiger partial charge >= 0.3 is 5.97 Å². The third-order valence-electron chi connectivity index (χ3n) is 6.57. The molecule has 2 aromatic rings. The normalized spacial score (nSPS) is 14.3. The first kappa shape index (κ1) is 23.8. The van der Waals surface area contributed by atoms with Crippen LogP contribution < -0.4 is 0 Å². The summed E-state index contributed by atoms with van der Waals surface area (Å²) in [5.41, 5.74) is 3.91. The highest BCUT2D eigenvalue weighted by atomic mass is 16.5. The summed E-state index contributed by atoms with van der Waals surface area (Å²) in [7, 11) is 1.77. The molecule has 1 saturated carbocycles. The lowest BCUT2D eigenvalue weighted by Gasteiger charge is -2.34. The van der Waals surface area contributed by atoms with E-state index in [1.165, 1.54) is 0 Å². The lowest BCUT2D eigenvalue weighted by molar-refractivity contribution is 0.0513. The van der Waals surface area contributed by atoms with Crippen LogP contribution in [-0.2, 0) is 11.8 Å². The highest BCUT2D eigenvalue weighted by Crippen LogP contribution is 2.27. The van der Waals surface area contributed by atoms with Crippen LogP contribution in [0.15, 0.2) is 24.3 Å². The third kappa shape index (κ3) is 4.79. The molecule has 1 aliphatic rings. The Bertz CT molecular complexity index is 998. The van der Waals surface area contributed by atoms with Gasteiger partial charge in [0, 0.05) is 29.9 Å². The molecule has 0 saturated heterocycles. The summed E-state index contributed by atoms with van der Waals surface area (Å²) in [4.78, 5) is 41.2. The van der Waals surface area contributed by atoms with Crippen molar-refractivity contribution in [2.24, 2.45) is 7.05 Å². The van der Waals surface area contributed by atoms with Crippen molar-refractivity contribution in [3.63, 3.8) is 0 Å². The van der Waals surface area contributed by atoms with Crippen molar-refractivity contribution in [2.75, 3.05) is 13.2 Å². The number of carbonyl (C=O) groups is 3. The van der Waals surface area contributed by atoms with E-state index < -0.39 is 5.97 Å². The number of ketones is 1. The van der Waals surface area contributed by atoms with Crippen LogP contribution in [0, 0.1) is 20.8 Å². The van der Waals surface area contributed by atoms with Gasteiger partial charge in [0.25, 0.3) is 5.91 Å². The van der Waals surface area contributed by atoms with Crippen LogP contribution in [0.3, 0.4) is 0 Å². The second-order valence-electron chi connectivity index (χ2n) is 8.73. The summed E-state index contributed by atoms with van der Waals surface area (Å²) in [6.45, 7) is 7.62. The number of nitrogens with zero attached hydrogens (tertiary/aromatic N) is 2. The molecule has 172 valence electrons. The average Bonchev–Trinajstić information content (AvgIpc) is 3.01. The molecular weight excluding hydrogens is 404 g/mol. The smallest absolute Gasteiger partial charge is 0.355 e. The van der Waals surface area contributed by atoms with Crippen molar-refractivity contribution in [1.29, 1.82) is 0 Å². The number of aromatic nitrogens is 1. The maximum atomic E-state index is 13.5. The van der Waals surface area contributed by atoms with Crippen molar-refractivity contribution >= 4 is 17.7 Å². The van der Waals surface area contributed by atoms with Gasteiger partial charge in [-0.3, -0.25) is 9.59 Å². The summed E-state index contributed by atoms with van der Waals surface area (Å²) in [5, 5.41) is 0. The van der Waals surface area contributed by atoms with Crippen molar-refractivity contribution in [3.05, 3.63) is 57.9 Å². The van der Waals surface area contributed by atoms with E-state index in [2.05, 4.69) is 0 Å². The minimum absolute atomic E-state index is 0.00529. The Morgan fingerprint density at radius 2 is 1.66 bits per heavy atom. The lowest BCUT2D eigenvalue weighted by Crippen LogP contribution is -2.44. The highest BCUT2D eigenvalue weighted by molar-refractivity contribution is 6.06. The summed E-state index contributed by atoms with van der Waals surface area (Å²) < 4.78 is 6.90. The van der Waals surface area contributed by atoms with Gasteiger partial charge in [-0.15, -0.1) is 0 Å². The molecule has 1 aliphatic carbocycles. The van der Waals surface area contributed by atoms with Gasteiger partial charge in [-0.05, 0) is 58.2 Å². The van der Waals surface area contributed by atoms with Crippen LogP contribution in [0.1, 0.15) is 87.1 Å². The number of hydrogen-bond acceptors (Lipinski definition) is 4. The molecule has 0 spiro atoms. The largest absolute Gasteiger partial charge is 0.461 e. The molecule has 0 bridgehead atoms. The van der Waals surface area contributed by atoms with Crippen molar-refractivity contribution in [1.82, 2.24) is 9.47 Å². The molecule has 0 aliphatic heterocycles. The Hall–Kier alpha value is -2.89. The van der Waals surface area contributed by atoms with Crippen LogP contribution in [0.4, 0.5) is 0 Å². The fourth-order valence-electron chi connectivity index (χ4n) is 4.73. The standard InChI is InChI=1S/C26H34N2O4/c1-6-32-26(31)24-18(3)23(19(4)27(24)5)22(29)16-28(21-10-8-7-9-11-21)25(30)20-14-12-17(2)13-15-20/h12-15,21H,6-11,16H2,1-5H3. The van der Waals surface area contributed by atoms with Gasteiger partial charge in [0.15, 0.2) is 5.78 Å². The fourth-order valence-corrected chi connectivity index (χ4v) is 4.73. The van der Waals surface area contributed by atoms with Crippen LogP contribution in [-0.4, -0.2) is 46.3 Å². The molecule has 1 aromatic carbocycles. The molecule has 6 heteroatoms. The Kier molecular flexibility index (Phi) is 7.54. The minimum atomic E-state index is -0.436. The van der Waals surface area contributed by atoms with E-state index >= 15 is 0 Å². The SMILES string of the molecule is CCOC(=O)c1c(C)c(C(=O)CN(C(=O)c2ccc(C)cc2)C2CCCCC2)c(C)n1C. The fraction of sp³-hybridized carbons (Fsp3) is 0.500. The maximum Gasteiger partial charge on any atom is 0.355 e. The number of esters is 1. The zero-order valence-corrected chi connectivity index (χ0v) is 19.9. The second-order valence-corrected chi connectivity index (χ2v) is 8.73. The van der Waals surface area contributed by atoms with Gasteiger partial charge in [0.05, 0.1) is 13.2 Å². The van der Waals surface area contributed by atoms with E-state index in [1.54, 1.807) is 30.4 Å². The van der Waals surface area contributed by atoms with Crippen molar-refractivity contribution in [3.8, 4) is 0 Å². The minimum Gasteiger partial charge on any atom is -0.461 e. The topological polar surface area (TPSA) is 68.6 Å². The Morgan fingerprint density at radius 1 is 1.03 bits per heavy atom. The molecule has 0 atom stereocenters. The third-order valence-corrected chi connectivity index (χ3v) is 6.57. The first-order valence-electron chi connectivity index (χ1n) is 11.5. The van der Waals surface area contributed by atoms with Gasteiger partial charge in [-0.25, -0.2) is 4.79 Å². The number of aryl methyl sites for hydroxylation is 1. The molecular formula is C26H34N2O4. The molecule has 0 radical (unpaired) electrons. The van der Waals surface area contributed by atoms with E-state index in [1.807, 2.05) is 38.1 Å². The maximum absolute atomic E-state index is 13.5. The number of Topliss-reactive ketones (excluding diaryl/α,β-unsaturated/α-hetero) is 1. The highest BCUT2D eigenvalue weighted by Gasteiger charge is 2.31. The number of amides is 1. The number of carbonyl (C=O) groups excluding carboxylic acids is 3. The predicted molar refractivity (Wildman–Crippen MR) is 124 cm³/mol. The number of hydrogen-bond donors (Lipinski definition) is 0. The van der Waals surface area contributed by atoms with Crippen LogP contribution in [0.25, 0.3) is 0 Å². The molecule has 3 rings (SSSR count). The predicted octanol–water partition coefficient (Wildman–Crippen LogP) is 4.78. The van der Waals surface area contributed by atoms with Crippen molar-refractivity contribution < 1.29 is 19.1 Å². The van der Waals surface area contributed by atoms with Crippen LogP contribution in [0.2, 0.25) is 0 Å². The van der Waals surface area contributed by atoms with E-state index in [9.17, 15) is 14.4 Å². The van der Waals surface area contributed by atoms with Gasteiger partial charge in [0.2, 0.25) is 0 Å². The monoisotopic (exact) mass is 438 g/mol.